The van der Waals surface area contributed by atoms with Gasteiger partial charge in [0.25, 0.3) is 5.91 Å². The van der Waals surface area contributed by atoms with E-state index in [9.17, 15) is 4.79 Å². The highest BCUT2D eigenvalue weighted by Gasteiger charge is 2.22. The molecule has 1 aromatic rings. The van der Waals surface area contributed by atoms with E-state index >= 15 is 0 Å². The number of hydrogen-bond donors (Lipinski definition) is 1. The molecule has 0 atom stereocenters. The van der Waals surface area contributed by atoms with Crippen molar-refractivity contribution >= 4 is 11.6 Å². The lowest BCUT2D eigenvalue weighted by atomic mass is 9.95. The van der Waals surface area contributed by atoms with Crippen LogP contribution in [0.4, 0.5) is 5.69 Å². The van der Waals surface area contributed by atoms with Crippen molar-refractivity contribution in [3.05, 3.63) is 29.3 Å². The standard InChI is InChI=1S/C17H26N2O/c1-13-10-11-14(18)12-16(13)17(20)19(2)15-8-6-4-3-5-7-9-15/h10-12,15H,3-9,18H2,1-2H3. The van der Waals surface area contributed by atoms with Crippen molar-refractivity contribution in [1.29, 1.82) is 0 Å². The number of rotatable bonds is 2. The maximum absolute atomic E-state index is 12.7. The van der Waals surface area contributed by atoms with Crippen LogP contribution >= 0.6 is 0 Å². The number of nitrogens with zero attached hydrogens (tertiary/aromatic N) is 1. The van der Waals surface area contributed by atoms with Crippen LogP contribution in [0.5, 0.6) is 0 Å². The maximum atomic E-state index is 12.7. The quantitative estimate of drug-likeness (QED) is 0.835. The largest absolute Gasteiger partial charge is 0.399 e. The van der Waals surface area contributed by atoms with Crippen molar-refractivity contribution in [1.82, 2.24) is 4.90 Å². The number of amides is 1. The van der Waals surface area contributed by atoms with E-state index in [1.807, 2.05) is 31.0 Å². The average molecular weight is 274 g/mol. The Hall–Kier alpha value is -1.51. The fraction of sp³-hybridized carbons (Fsp3) is 0.588. The summed E-state index contributed by atoms with van der Waals surface area (Å²) in [4.78, 5) is 14.6. The van der Waals surface area contributed by atoms with Crippen molar-refractivity contribution in [2.45, 2.75) is 57.9 Å². The zero-order chi connectivity index (χ0) is 14.5. The minimum atomic E-state index is 0.111. The van der Waals surface area contributed by atoms with Gasteiger partial charge < -0.3 is 10.6 Å². The number of anilines is 1. The third-order valence-corrected chi connectivity index (χ3v) is 4.43. The first-order valence-electron chi connectivity index (χ1n) is 7.73. The molecule has 3 nitrogen and oxygen atoms in total. The van der Waals surface area contributed by atoms with Crippen LogP contribution in [0.3, 0.4) is 0 Å². The van der Waals surface area contributed by atoms with Gasteiger partial charge in [-0.2, -0.15) is 0 Å². The van der Waals surface area contributed by atoms with E-state index in [2.05, 4.69) is 0 Å². The Morgan fingerprint density at radius 2 is 1.75 bits per heavy atom. The van der Waals surface area contributed by atoms with Gasteiger partial charge in [-0.25, -0.2) is 0 Å². The van der Waals surface area contributed by atoms with Gasteiger partial charge in [-0.3, -0.25) is 4.79 Å². The molecule has 1 aromatic carbocycles. The summed E-state index contributed by atoms with van der Waals surface area (Å²) in [5.74, 6) is 0.111. The molecule has 20 heavy (non-hydrogen) atoms. The summed E-state index contributed by atoms with van der Waals surface area (Å²) < 4.78 is 0. The molecular weight excluding hydrogens is 248 g/mol. The Morgan fingerprint density at radius 3 is 2.40 bits per heavy atom. The first-order valence-corrected chi connectivity index (χ1v) is 7.73. The monoisotopic (exact) mass is 274 g/mol. The molecule has 1 aliphatic rings. The molecule has 0 heterocycles. The van der Waals surface area contributed by atoms with Crippen LogP contribution in [-0.4, -0.2) is 23.9 Å². The normalized spacial score (nSPS) is 17.3. The molecular formula is C17H26N2O. The Labute approximate surface area is 122 Å². The van der Waals surface area contributed by atoms with Gasteiger partial charge in [-0.15, -0.1) is 0 Å². The summed E-state index contributed by atoms with van der Waals surface area (Å²) in [6.07, 6.45) is 8.67. The van der Waals surface area contributed by atoms with Crippen LogP contribution in [0.2, 0.25) is 0 Å². The maximum Gasteiger partial charge on any atom is 0.254 e. The lowest BCUT2D eigenvalue weighted by Crippen LogP contribution is -2.37. The first-order chi connectivity index (χ1) is 9.59. The highest BCUT2D eigenvalue weighted by atomic mass is 16.2. The molecule has 1 amide bonds. The number of aryl methyl sites for hydroxylation is 1. The fourth-order valence-electron chi connectivity index (χ4n) is 3.05. The van der Waals surface area contributed by atoms with Crippen molar-refractivity contribution in [2.75, 3.05) is 12.8 Å². The van der Waals surface area contributed by atoms with E-state index in [0.717, 1.165) is 24.0 Å². The molecule has 1 saturated carbocycles. The number of carbonyl (C=O) groups is 1. The van der Waals surface area contributed by atoms with Crippen molar-refractivity contribution in [2.24, 2.45) is 0 Å². The Kier molecular flexibility index (Phi) is 5.05. The Balaban J connectivity index is 2.12. The average Bonchev–Trinajstić information content (AvgIpc) is 2.40. The predicted octanol–water partition coefficient (Wildman–Crippen LogP) is 3.76. The van der Waals surface area contributed by atoms with Gasteiger partial charge in [0.15, 0.2) is 0 Å². The van der Waals surface area contributed by atoms with Gasteiger partial charge in [0.2, 0.25) is 0 Å². The van der Waals surface area contributed by atoms with Gasteiger partial charge in [0, 0.05) is 24.3 Å². The molecule has 1 fully saturated rings. The third kappa shape index (κ3) is 3.53. The summed E-state index contributed by atoms with van der Waals surface area (Å²) in [5.41, 5.74) is 8.22. The van der Waals surface area contributed by atoms with Crippen molar-refractivity contribution in [3.8, 4) is 0 Å². The van der Waals surface area contributed by atoms with Gasteiger partial charge in [-0.1, -0.05) is 38.2 Å². The minimum absolute atomic E-state index is 0.111. The summed E-state index contributed by atoms with van der Waals surface area (Å²) in [5, 5.41) is 0. The summed E-state index contributed by atoms with van der Waals surface area (Å²) >= 11 is 0. The van der Waals surface area contributed by atoms with E-state index in [0.29, 0.717) is 11.7 Å². The first kappa shape index (κ1) is 14.9. The van der Waals surface area contributed by atoms with Crippen LogP contribution in [0.1, 0.15) is 60.9 Å². The molecule has 3 heteroatoms. The lowest BCUT2D eigenvalue weighted by Gasteiger charge is -2.30. The van der Waals surface area contributed by atoms with Gasteiger partial charge in [0.1, 0.15) is 0 Å². The smallest absolute Gasteiger partial charge is 0.254 e. The Morgan fingerprint density at radius 1 is 1.15 bits per heavy atom. The topological polar surface area (TPSA) is 46.3 Å². The molecule has 0 aliphatic heterocycles. The molecule has 0 radical (unpaired) electrons. The minimum Gasteiger partial charge on any atom is -0.399 e. The Bertz CT molecular complexity index is 462. The van der Waals surface area contributed by atoms with Gasteiger partial charge in [-0.05, 0) is 37.5 Å². The molecule has 2 rings (SSSR count). The number of nitrogens with two attached hydrogens (primary N) is 1. The number of hydrogen-bond acceptors (Lipinski definition) is 2. The zero-order valence-corrected chi connectivity index (χ0v) is 12.7. The molecule has 0 bridgehead atoms. The highest BCUT2D eigenvalue weighted by molar-refractivity contribution is 5.96. The summed E-state index contributed by atoms with van der Waals surface area (Å²) in [7, 11) is 1.94. The van der Waals surface area contributed by atoms with Crippen LogP contribution < -0.4 is 5.73 Å². The van der Waals surface area contributed by atoms with Crippen LogP contribution in [0, 0.1) is 6.92 Å². The number of nitrogen functional groups attached to an aromatic ring is 1. The molecule has 0 spiro atoms. The molecule has 0 unspecified atom stereocenters. The van der Waals surface area contributed by atoms with E-state index in [-0.39, 0.29) is 5.91 Å². The summed E-state index contributed by atoms with van der Waals surface area (Å²) in [6.45, 7) is 1.97. The van der Waals surface area contributed by atoms with Crippen LogP contribution in [0.25, 0.3) is 0 Å². The molecule has 2 N–H and O–H groups in total. The second-order valence-electron chi connectivity index (χ2n) is 5.99. The SMILES string of the molecule is Cc1ccc(N)cc1C(=O)N(C)C1CCCCCCC1. The lowest BCUT2D eigenvalue weighted by molar-refractivity contribution is 0.0706. The molecule has 110 valence electrons. The second kappa shape index (κ2) is 6.78. The zero-order valence-electron chi connectivity index (χ0n) is 12.7. The summed E-state index contributed by atoms with van der Waals surface area (Å²) in [6, 6.07) is 5.96. The van der Waals surface area contributed by atoms with Crippen LogP contribution in [-0.2, 0) is 0 Å². The van der Waals surface area contributed by atoms with E-state index < -0.39 is 0 Å². The number of benzene rings is 1. The fourth-order valence-corrected chi connectivity index (χ4v) is 3.05. The molecule has 1 aliphatic carbocycles. The van der Waals surface area contributed by atoms with E-state index in [1.54, 1.807) is 6.07 Å². The predicted molar refractivity (Wildman–Crippen MR) is 83.8 cm³/mol. The van der Waals surface area contributed by atoms with Crippen molar-refractivity contribution in [3.63, 3.8) is 0 Å². The molecule has 0 saturated heterocycles. The van der Waals surface area contributed by atoms with E-state index in [1.165, 1.54) is 32.1 Å². The van der Waals surface area contributed by atoms with Gasteiger partial charge in [0.05, 0.1) is 0 Å². The van der Waals surface area contributed by atoms with Crippen molar-refractivity contribution < 1.29 is 4.79 Å². The van der Waals surface area contributed by atoms with E-state index in [4.69, 9.17) is 5.73 Å². The molecule has 0 aromatic heterocycles. The van der Waals surface area contributed by atoms with Gasteiger partial charge >= 0.3 is 0 Å². The second-order valence-corrected chi connectivity index (χ2v) is 5.99. The third-order valence-electron chi connectivity index (χ3n) is 4.43. The highest BCUT2D eigenvalue weighted by Crippen LogP contribution is 2.23. The number of carbonyl (C=O) groups excluding carboxylic acids is 1. The van der Waals surface area contributed by atoms with Crippen LogP contribution in [0.15, 0.2) is 18.2 Å².